The second-order valence-electron chi connectivity index (χ2n) is 6.43. The molecule has 0 aliphatic heterocycles. The summed E-state index contributed by atoms with van der Waals surface area (Å²) in [5.74, 6) is 0. The molecule has 2 aliphatic carbocycles. The molecule has 0 aromatic heterocycles. The fraction of sp³-hybridized carbons (Fsp3) is 0.600. The molecular weight excluding hydrogens is 491 g/mol. The van der Waals surface area contributed by atoms with Crippen LogP contribution in [0.15, 0.2) is 41.0 Å². The molecule has 0 saturated heterocycles. The quantitative estimate of drug-likeness (QED) is 0.441. The van der Waals surface area contributed by atoms with E-state index in [0.29, 0.717) is 0 Å². The second kappa shape index (κ2) is 12.2. The maximum absolute atomic E-state index is 2.49. The number of allylic oxidation sites excluding steroid dienone is 8. The van der Waals surface area contributed by atoms with Crippen LogP contribution in [0.1, 0.15) is 79.1 Å². The number of halogens is 2. The van der Waals surface area contributed by atoms with Crippen LogP contribution in [0, 0.1) is 0 Å². The number of hydrogen-bond donors (Lipinski definition) is 0. The van der Waals surface area contributed by atoms with Gasteiger partial charge in [-0.15, -0.1) is 0 Å². The summed E-state index contributed by atoms with van der Waals surface area (Å²) in [5, 5.41) is 0. The third-order valence-corrected chi connectivity index (χ3v) is 8.74. The zero-order chi connectivity index (χ0) is 15.2. The van der Waals surface area contributed by atoms with Crippen molar-refractivity contribution in [2.75, 3.05) is 0 Å². The van der Waals surface area contributed by atoms with Gasteiger partial charge >= 0.3 is 143 Å². The Hall–Kier alpha value is 0.803. The third-order valence-electron chi connectivity index (χ3n) is 4.77. The molecule has 0 unspecified atom stereocenters. The molecule has 2 rings (SSSR count). The Bertz CT molecular complexity index is 464. The van der Waals surface area contributed by atoms with Crippen molar-refractivity contribution in [1.82, 2.24) is 0 Å². The van der Waals surface area contributed by atoms with Crippen LogP contribution in [0.2, 0.25) is 0 Å². The van der Waals surface area contributed by atoms with Crippen molar-refractivity contribution in [3.63, 3.8) is 0 Å². The first-order chi connectivity index (χ1) is 10.2. The smallest absolute Gasteiger partial charge is 1.00 e. The van der Waals surface area contributed by atoms with Crippen molar-refractivity contribution in [2.24, 2.45) is 0 Å². The summed E-state index contributed by atoms with van der Waals surface area (Å²) >= 11 is -0.516. The minimum atomic E-state index is -0.516. The Balaban J connectivity index is 0.00000242. The molecule has 0 fully saturated rings. The molecule has 0 heterocycles. The minimum Gasteiger partial charge on any atom is -1.00 e. The molecule has 128 valence electrons. The van der Waals surface area contributed by atoms with Gasteiger partial charge in [0.05, 0.1) is 0 Å². The molecule has 0 radical (unpaired) electrons. The summed E-state index contributed by atoms with van der Waals surface area (Å²) in [7, 11) is 0. The topological polar surface area (TPSA) is 0 Å². The molecular formula is C20H30Br2Zr. The van der Waals surface area contributed by atoms with E-state index in [4.69, 9.17) is 0 Å². The first-order valence-electron chi connectivity index (χ1n) is 8.72. The largest absolute Gasteiger partial charge is 1.00 e. The van der Waals surface area contributed by atoms with E-state index in [-0.39, 0.29) is 34.0 Å². The normalized spacial score (nSPS) is 16.7. The van der Waals surface area contributed by atoms with Gasteiger partial charge < -0.3 is 34.0 Å². The van der Waals surface area contributed by atoms with E-state index < -0.39 is 23.2 Å². The molecule has 0 nitrogen and oxygen atoms in total. The average Bonchev–Trinajstić information content (AvgIpc) is 2.99. The Kier molecular flexibility index (Phi) is 12.6. The van der Waals surface area contributed by atoms with E-state index in [0.717, 1.165) is 0 Å². The van der Waals surface area contributed by atoms with Crippen molar-refractivity contribution in [2.45, 2.75) is 79.1 Å². The molecule has 0 bridgehead atoms. The van der Waals surface area contributed by atoms with Crippen LogP contribution in [0.5, 0.6) is 0 Å². The average molecular weight is 521 g/mol. The SMILES string of the molecule is CCCCC1=[C]([Zr+2][C]2=C(CCCC)C(C)=CC2)CC=C1C.[Br-].[Br-]. The van der Waals surface area contributed by atoms with Crippen molar-refractivity contribution in [3.8, 4) is 0 Å². The van der Waals surface area contributed by atoms with E-state index in [1.165, 1.54) is 51.4 Å². The standard InChI is InChI=1S/2C10H15.2BrH.Zr/c2*1-3-4-7-10-8-5-6-9(10)2;;;/h2*6H,3-5,7H2,1-2H3;2*1H;/q;;;;+2/p-2. The van der Waals surface area contributed by atoms with Gasteiger partial charge in [-0.3, -0.25) is 0 Å². The van der Waals surface area contributed by atoms with Gasteiger partial charge in [-0.2, -0.15) is 0 Å². The van der Waals surface area contributed by atoms with E-state index in [9.17, 15) is 0 Å². The van der Waals surface area contributed by atoms with Crippen molar-refractivity contribution in [1.29, 1.82) is 0 Å². The molecule has 0 N–H and O–H groups in total. The van der Waals surface area contributed by atoms with Gasteiger partial charge in [0.2, 0.25) is 0 Å². The van der Waals surface area contributed by atoms with Crippen LogP contribution in [-0.4, -0.2) is 0 Å². The van der Waals surface area contributed by atoms with Gasteiger partial charge in [-0.05, 0) is 0 Å². The van der Waals surface area contributed by atoms with Gasteiger partial charge in [-0.25, -0.2) is 0 Å². The fourth-order valence-corrected chi connectivity index (χ4v) is 7.54. The zero-order valence-corrected chi connectivity index (χ0v) is 20.7. The van der Waals surface area contributed by atoms with E-state index >= 15 is 0 Å². The Morgan fingerprint density at radius 3 is 1.52 bits per heavy atom. The van der Waals surface area contributed by atoms with E-state index in [2.05, 4.69) is 39.8 Å². The summed E-state index contributed by atoms with van der Waals surface area (Å²) in [6.07, 6.45) is 15.6. The molecule has 3 heteroatoms. The maximum atomic E-state index is 2.49. The number of rotatable bonds is 8. The summed E-state index contributed by atoms with van der Waals surface area (Å²) in [5.41, 5.74) is 6.71. The van der Waals surface area contributed by atoms with Gasteiger partial charge in [0.1, 0.15) is 0 Å². The van der Waals surface area contributed by atoms with E-state index in [1.807, 2.05) is 6.56 Å². The molecule has 0 atom stereocenters. The molecule has 0 aromatic rings. The predicted molar refractivity (Wildman–Crippen MR) is 89.9 cm³/mol. The summed E-state index contributed by atoms with van der Waals surface area (Å²) in [4.78, 5) is 0. The summed E-state index contributed by atoms with van der Waals surface area (Å²) < 4.78 is 3.77. The fourth-order valence-electron chi connectivity index (χ4n) is 3.32. The van der Waals surface area contributed by atoms with Crippen LogP contribution in [0.25, 0.3) is 0 Å². The molecule has 23 heavy (non-hydrogen) atoms. The molecule has 0 amide bonds. The van der Waals surface area contributed by atoms with Crippen molar-refractivity contribution >= 4 is 0 Å². The van der Waals surface area contributed by atoms with Crippen molar-refractivity contribution in [3.05, 3.63) is 41.0 Å². The van der Waals surface area contributed by atoms with Gasteiger partial charge in [-0.1, -0.05) is 0 Å². The van der Waals surface area contributed by atoms with Crippen LogP contribution in [-0.2, 0) is 23.2 Å². The van der Waals surface area contributed by atoms with Gasteiger partial charge in [0, 0.05) is 0 Å². The summed E-state index contributed by atoms with van der Waals surface area (Å²) in [6, 6.07) is 0. The summed E-state index contributed by atoms with van der Waals surface area (Å²) in [6.45, 7) is 9.29. The van der Waals surface area contributed by atoms with Crippen LogP contribution in [0.3, 0.4) is 0 Å². The maximum Gasteiger partial charge on any atom is -1.00 e. The molecule has 0 aromatic carbocycles. The van der Waals surface area contributed by atoms with Crippen LogP contribution < -0.4 is 34.0 Å². The zero-order valence-electron chi connectivity index (χ0n) is 15.1. The van der Waals surface area contributed by atoms with Gasteiger partial charge in [0.15, 0.2) is 0 Å². The first kappa shape index (κ1) is 23.8. The monoisotopic (exact) mass is 518 g/mol. The Morgan fingerprint density at radius 1 is 0.783 bits per heavy atom. The third kappa shape index (κ3) is 6.55. The van der Waals surface area contributed by atoms with Gasteiger partial charge in [0.25, 0.3) is 0 Å². The minimum absolute atomic E-state index is 0. The molecule has 0 spiro atoms. The van der Waals surface area contributed by atoms with Crippen LogP contribution in [0.4, 0.5) is 0 Å². The number of hydrogen-bond acceptors (Lipinski definition) is 0. The number of unbranched alkanes of at least 4 members (excludes halogenated alkanes) is 2. The molecule has 2 aliphatic rings. The second-order valence-corrected chi connectivity index (χ2v) is 10.0. The van der Waals surface area contributed by atoms with E-state index in [1.54, 1.807) is 22.3 Å². The molecule has 0 saturated carbocycles. The Morgan fingerprint density at radius 2 is 1.17 bits per heavy atom. The van der Waals surface area contributed by atoms with Crippen molar-refractivity contribution < 1.29 is 57.2 Å². The predicted octanol–water partition coefficient (Wildman–Crippen LogP) is 0.666. The first-order valence-corrected chi connectivity index (χ1v) is 11.2. The van der Waals surface area contributed by atoms with Crippen LogP contribution >= 0.6 is 0 Å². The Labute approximate surface area is 176 Å².